The summed E-state index contributed by atoms with van der Waals surface area (Å²) >= 11 is 3.02. The van der Waals surface area contributed by atoms with Crippen molar-refractivity contribution in [3.8, 4) is 9.88 Å². The highest BCUT2D eigenvalue weighted by molar-refractivity contribution is 7.23. The molecule has 2 heterocycles. The van der Waals surface area contributed by atoms with Gasteiger partial charge in [0.1, 0.15) is 0 Å². The Hall–Kier alpha value is -1.27. The number of carbonyl (C=O) groups is 1. The van der Waals surface area contributed by atoms with Crippen molar-refractivity contribution in [2.24, 2.45) is 5.92 Å². The number of hydrogen-bond acceptors (Lipinski definition) is 5. The van der Waals surface area contributed by atoms with Crippen LogP contribution in [0.4, 0.5) is 5.13 Å². The Kier molecular flexibility index (Phi) is 3.86. The fourth-order valence-electron chi connectivity index (χ4n) is 1.31. The lowest BCUT2D eigenvalue weighted by Crippen LogP contribution is -2.13. The predicted octanol–water partition coefficient (Wildman–Crippen LogP) is 3.25. The maximum atomic E-state index is 11.5. The molecule has 0 unspecified atom stereocenters. The van der Waals surface area contributed by atoms with Crippen LogP contribution in [0.5, 0.6) is 0 Å². The van der Waals surface area contributed by atoms with Crippen molar-refractivity contribution in [3.05, 3.63) is 17.5 Å². The van der Waals surface area contributed by atoms with Crippen LogP contribution in [0.2, 0.25) is 0 Å². The molecule has 4 nitrogen and oxygen atoms in total. The minimum atomic E-state index is -0.00567. The number of nitrogens with zero attached hydrogens (tertiary/aromatic N) is 2. The van der Waals surface area contributed by atoms with Crippen molar-refractivity contribution in [3.63, 3.8) is 0 Å². The number of carbonyl (C=O) groups excluding carboxylic acids is 1. The third-order valence-corrected chi connectivity index (χ3v) is 3.87. The normalized spacial score (nSPS) is 10.8. The summed E-state index contributed by atoms with van der Waals surface area (Å²) in [5.74, 6) is 0.341. The van der Waals surface area contributed by atoms with Crippen LogP contribution in [0.25, 0.3) is 9.88 Å². The summed E-state index contributed by atoms with van der Waals surface area (Å²) in [5, 5.41) is 14.2. The average molecular weight is 267 g/mol. The minimum Gasteiger partial charge on any atom is -0.301 e. The fraction of sp³-hybridized carbons (Fsp3) is 0.364. The number of amides is 1. The summed E-state index contributed by atoms with van der Waals surface area (Å²) in [5.41, 5.74) is 0. The molecule has 0 radical (unpaired) electrons. The van der Waals surface area contributed by atoms with Gasteiger partial charge in [0.2, 0.25) is 11.0 Å². The van der Waals surface area contributed by atoms with Crippen LogP contribution < -0.4 is 5.32 Å². The third kappa shape index (κ3) is 3.34. The number of anilines is 1. The lowest BCUT2D eigenvalue weighted by Gasteiger charge is -2.02. The van der Waals surface area contributed by atoms with Gasteiger partial charge in [-0.3, -0.25) is 4.79 Å². The van der Waals surface area contributed by atoms with Gasteiger partial charge in [0.25, 0.3) is 0 Å². The second-order valence-corrected chi connectivity index (χ2v) is 5.96. The van der Waals surface area contributed by atoms with E-state index >= 15 is 0 Å². The van der Waals surface area contributed by atoms with Gasteiger partial charge in [0, 0.05) is 6.42 Å². The molecular weight excluding hydrogens is 254 g/mol. The fourth-order valence-corrected chi connectivity index (χ4v) is 2.87. The highest BCUT2D eigenvalue weighted by Crippen LogP contribution is 2.29. The van der Waals surface area contributed by atoms with Crippen LogP contribution in [0.15, 0.2) is 17.5 Å². The SMILES string of the molecule is CC(C)CC(=O)Nc1nnc(-c2cccs2)s1. The van der Waals surface area contributed by atoms with Crippen LogP contribution in [0.1, 0.15) is 20.3 Å². The molecule has 0 saturated heterocycles. The second kappa shape index (κ2) is 5.37. The Morgan fingerprint density at radius 3 is 2.94 bits per heavy atom. The molecule has 0 aliphatic heterocycles. The lowest BCUT2D eigenvalue weighted by atomic mass is 10.1. The highest BCUT2D eigenvalue weighted by Gasteiger charge is 2.10. The van der Waals surface area contributed by atoms with Gasteiger partial charge in [-0.25, -0.2) is 0 Å². The Morgan fingerprint density at radius 2 is 2.29 bits per heavy atom. The molecule has 2 rings (SSSR count). The summed E-state index contributed by atoms with van der Waals surface area (Å²) < 4.78 is 0. The maximum absolute atomic E-state index is 11.5. The summed E-state index contributed by atoms with van der Waals surface area (Å²) in [6.45, 7) is 4.02. The summed E-state index contributed by atoms with van der Waals surface area (Å²) in [4.78, 5) is 12.6. The van der Waals surface area contributed by atoms with Crippen LogP contribution >= 0.6 is 22.7 Å². The molecule has 17 heavy (non-hydrogen) atoms. The van der Waals surface area contributed by atoms with Gasteiger partial charge in [0.15, 0.2) is 5.01 Å². The minimum absolute atomic E-state index is 0.00567. The summed E-state index contributed by atoms with van der Waals surface area (Å²) in [7, 11) is 0. The van der Waals surface area contributed by atoms with Gasteiger partial charge >= 0.3 is 0 Å². The monoisotopic (exact) mass is 267 g/mol. The van der Waals surface area contributed by atoms with Crippen LogP contribution in [0.3, 0.4) is 0 Å². The van der Waals surface area contributed by atoms with Crippen LogP contribution in [-0.2, 0) is 4.79 Å². The molecule has 0 bridgehead atoms. The largest absolute Gasteiger partial charge is 0.301 e. The number of nitrogens with one attached hydrogen (secondary N) is 1. The first-order chi connectivity index (χ1) is 8.15. The smallest absolute Gasteiger partial charge is 0.226 e. The first-order valence-corrected chi connectivity index (χ1v) is 7.02. The predicted molar refractivity (Wildman–Crippen MR) is 71.3 cm³/mol. The molecule has 6 heteroatoms. The van der Waals surface area contributed by atoms with Gasteiger partial charge in [-0.05, 0) is 17.4 Å². The number of rotatable bonds is 4. The molecular formula is C11H13N3OS2. The van der Waals surface area contributed by atoms with Crippen molar-refractivity contribution in [2.75, 3.05) is 5.32 Å². The number of aromatic nitrogens is 2. The highest BCUT2D eigenvalue weighted by atomic mass is 32.1. The Morgan fingerprint density at radius 1 is 1.47 bits per heavy atom. The van der Waals surface area contributed by atoms with Crippen molar-refractivity contribution >= 4 is 33.7 Å². The standard InChI is InChI=1S/C11H13N3OS2/c1-7(2)6-9(15)12-11-14-13-10(17-11)8-4-3-5-16-8/h3-5,7H,6H2,1-2H3,(H,12,14,15). The molecule has 1 amide bonds. The van der Waals surface area contributed by atoms with Gasteiger partial charge in [-0.2, -0.15) is 0 Å². The Balaban J connectivity index is 2.02. The van der Waals surface area contributed by atoms with Crippen molar-refractivity contribution in [2.45, 2.75) is 20.3 Å². The molecule has 0 aromatic carbocycles. The Bertz CT molecular complexity index is 491. The van der Waals surface area contributed by atoms with Gasteiger partial charge in [-0.15, -0.1) is 21.5 Å². The summed E-state index contributed by atoms with van der Waals surface area (Å²) in [6.07, 6.45) is 0.508. The average Bonchev–Trinajstić information content (AvgIpc) is 2.84. The van der Waals surface area contributed by atoms with E-state index in [-0.39, 0.29) is 5.91 Å². The zero-order chi connectivity index (χ0) is 12.3. The molecule has 90 valence electrons. The molecule has 2 aromatic rings. The number of hydrogen-bond donors (Lipinski definition) is 1. The van der Waals surface area contributed by atoms with Gasteiger partial charge in [0.05, 0.1) is 4.88 Å². The number of thiophene rings is 1. The van der Waals surface area contributed by atoms with E-state index in [0.717, 1.165) is 9.88 Å². The van der Waals surface area contributed by atoms with E-state index in [0.29, 0.717) is 17.5 Å². The van der Waals surface area contributed by atoms with E-state index in [2.05, 4.69) is 15.5 Å². The molecule has 0 aliphatic carbocycles. The van der Waals surface area contributed by atoms with E-state index in [1.165, 1.54) is 11.3 Å². The molecule has 1 N–H and O–H groups in total. The zero-order valence-electron chi connectivity index (χ0n) is 9.64. The second-order valence-electron chi connectivity index (χ2n) is 4.04. The first kappa shape index (κ1) is 12.2. The van der Waals surface area contributed by atoms with Crippen molar-refractivity contribution < 1.29 is 4.79 Å². The van der Waals surface area contributed by atoms with E-state index < -0.39 is 0 Å². The first-order valence-electron chi connectivity index (χ1n) is 5.32. The molecule has 0 fully saturated rings. The molecule has 2 aromatic heterocycles. The lowest BCUT2D eigenvalue weighted by molar-refractivity contribution is -0.116. The maximum Gasteiger partial charge on any atom is 0.226 e. The molecule has 0 aliphatic rings. The van der Waals surface area contributed by atoms with Crippen molar-refractivity contribution in [1.29, 1.82) is 0 Å². The molecule has 0 saturated carbocycles. The van der Waals surface area contributed by atoms with E-state index in [9.17, 15) is 4.79 Å². The topological polar surface area (TPSA) is 54.9 Å². The Labute approximate surface area is 108 Å². The quantitative estimate of drug-likeness (QED) is 0.925. The van der Waals surface area contributed by atoms with Crippen LogP contribution in [-0.4, -0.2) is 16.1 Å². The van der Waals surface area contributed by atoms with Crippen LogP contribution in [0, 0.1) is 5.92 Å². The van der Waals surface area contributed by atoms with E-state index in [1.54, 1.807) is 11.3 Å². The summed E-state index contributed by atoms with van der Waals surface area (Å²) in [6, 6.07) is 3.96. The van der Waals surface area contributed by atoms with E-state index in [4.69, 9.17) is 0 Å². The molecule has 0 spiro atoms. The molecule has 0 atom stereocenters. The van der Waals surface area contributed by atoms with Gasteiger partial charge < -0.3 is 5.32 Å². The van der Waals surface area contributed by atoms with Gasteiger partial charge in [-0.1, -0.05) is 31.3 Å². The van der Waals surface area contributed by atoms with E-state index in [1.807, 2.05) is 31.4 Å². The third-order valence-electron chi connectivity index (χ3n) is 2.00. The zero-order valence-corrected chi connectivity index (χ0v) is 11.3. The van der Waals surface area contributed by atoms with Crippen molar-refractivity contribution in [1.82, 2.24) is 10.2 Å².